The van der Waals surface area contributed by atoms with Gasteiger partial charge in [0.2, 0.25) is 0 Å². The minimum absolute atomic E-state index is 0.128. The SMILES string of the molecule is COc1ccc(CN2C(=O)C(CC(=O)O)OC(c3cccc(OC)c3OC)c3cc(C)ccc32)c(OC)c1. The molecule has 2 unspecified atom stereocenters. The van der Waals surface area contributed by atoms with Gasteiger partial charge in [0.15, 0.2) is 11.5 Å². The third-order valence-electron chi connectivity index (χ3n) is 6.50. The Morgan fingerprint density at radius 2 is 1.68 bits per heavy atom. The molecule has 1 amide bonds. The second kappa shape index (κ2) is 11.4. The van der Waals surface area contributed by atoms with Crippen molar-refractivity contribution in [3.05, 3.63) is 76.9 Å². The monoisotopic (exact) mass is 521 g/mol. The second-order valence-corrected chi connectivity index (χ2v) is 8.85. The predicted molar refractivity (Wildman–Crippen MR) is 140 cm³/mol. The van der Waals surface area contributed by atoms with Crippen molar-refractivity contribution in [2.45, 2.75) is 32.1 Å². The van der Waals surface area contributed by atoms with Crippen LogP contribution in [-0.2, 0) is 20.9 Å². The van der Waals surface area contributed by atoms with Crippen LogP contribution < -0.4 is 23.8 Å². The van der Waals surface area contributed by atoms with Crippen molar-refractivity contribution in [2.75, 3.05) is 33.3 Å². The zero-order valence-corrected chi connectivity index (χ0v) is 22.0. The summed E-state index contributed by atoms with van der Waals surface area (Å²) >= 11 is 0. The Morgan fingerprint density at radius 3 is 2.34 bits per heavy atom. The zero-order chi connectivity index (χ0) is 27.4. The predicted octanol–water partition coefficient (Wildman–Crippen LogP) is 4.53. The summed E-state index contributed by atoms with van der Waals surface area (Å²) in [4.78, 5) is 27.3. The molecule has 0 fully saturated rings. The smallest absolute Gasteiger partial charge is 0.306 e. The molecule has 0 bridgehead atoms. The van der Waals surface area contributed by atoms with Gasteiger partial charge < -0.3 is 33.7 Å². The molecule has 0 saturated carbocycles. The minimum atomic E-state index is -1.26. The number of carbonyl (C=O) groups is 2. The number of methoxy groups -OCH3 is 4. The molecule has 9 nitrogen and oxygen atoms in total. The van der Waals surface area contributed by atoms with Crippen molar-refractivity contribution in [3.8, 4) is 23.0 Å². The first-order chi connectivity index (χ1) is 18.3. The fourth-order valence-corrected chi connectivity index (χ4v) is 4.69. The molecule has 9 heteroatoms. The Balaban J connectivity index is 1.91. The number of ether oxygens (including phenoxy) is 5. The van der Waals surface area contributed by atoms with Gasteiger partial charge in [-0.15, -0.1) is 0 Å². The number of para-hydroxylation sites is 1. The van der Waals surface area contributed by atoms with Crippen molar-refractivity contribution in [1.82, 2.24) is 0 Å². The maximum Gasteiger partial charge on any atom is 0.306 e. The summed E-state index contributed by atoms with van der Waals surface area (Å²) in [7, 11) is 6.17. The van der Waals surface area contributed by atoms with Gasteiger partial charge in [-0.25, -0.2) is 0 Å². The Kier molecular flexibility index (Phi) is 8.07. The highest BCUT2D eigenvalue weighted by Crippen LogP contribution is 2.45. The van der Waals surface area contributed by atoms with Gasteiger partial charge in [-0.3, -0.25) is 9.59 Å². The van der Waals surface area contributed by atoms with E-state index in [0.717, 1.165) is 11.1 Å². The summed E-state index contributed by atoms with van der Waals surface area (Å²) in [6, 6.07) is 16.4. The van der Waals surface area contributed by atoms with Gasteiger partial charge in [0, 0.05) is 22.8 Å². The molecule has 0 aliphatic carbocycles. The van der Waals surface area contributed by atoms with Crippen LogP contribution in [0.3, 0.4) is 0 Å². The van der Waals surface area contributed by atoms with Gasteiger partial charge in [0.05, 0.1) is 47.1 Å². The number of carboxylic acids is 1. The first kappa shape index (κ1) is 26.8. The molecule has 0 saturated heterocycles. The van der Waals surface area contributed by atoms with Crippen LogP contribution in [0.4, 0.5) is 5.69 Å². The number of aryl methyl sites for hydroxylation is 1. The average molecular weight is 522 g/mol. The third-order valence-corrected chi connectivity index (χ3v) is 6.50. The molecule has 1 N–H and O–H groups in total. The van der Waals surface area contributed by atoms with Crippen molar-refractivity contribution >= 4 is 17.6 Å². The molecule has 200 valence electrons. The largest absolute Gasteiger partial charge is 0.497 e. The first-order valence-corrected chi connectivity index (χ1v) is 12.0. The van der Waals surface area contributed by atoms with E-state index in [1.807, 2.05) is 37.3 Å². The third kappa shape index (κ3) is 5.24. The average Bonchev–Trinajstić information content (AvgIpc) is 3.02. The molecule has 1 aliphatic heterocycles. The number of fused-ring (bicyclic) bond motifs is 1. The van der Waals surface area contributed by atoms with Crippen LogP contribution in [0.5, 0.6) is 23.0 Å². The van der Waals surface area contributed by atoms with E-state index in [4.69, 9.17) is 23.7 Å². The van der Waals surface area contributed by atoms with Gasteiger partial charge in [0.25, 0.3) is 5.91 Å². The molecule has 3 aromatic carbocycles. The zero-order valence-electron chi connectivity index (χ0n) is 22.0. The molecule has 2 atom stereocenters. The molecular weight excluding hydrogens is 490 g/mol. The second-order valence-electron chi connectivity index (χ2n) is 8.85. The fraction of sp³-hybridized carbons (Fsp3) is 0.310. The molecule has 1 aliphatic rings. The van der Waals surface area contributed by atoms with E-state index in [1.165, 1.54) is 14.2 Å². The lowest BCUT2D eigenvalue weighted by Crippen LogP contribution is -2.40. The van der Waals surface area contributed by atoms with E-state index in [9.17, 15) is 14.7 Å². The van der Waals surface area contributed by atoms with Crippen LogP contribution in [-0.4, -0.2) is 51.5 Å². The number of anilines is 1. The van der Waals surface area contributed by atoms with Gasteiger partial charge in [-0.2, -0.15) is 0 Å². The number of carboxylic acid groups (broad SMARTS) is 1. The van der Waals surface area contributed by atoms with Crippen LogP contribution in [0, 0.1) is 6.92 Å². The van der Waals surface area contributed by atoms with Crippen LogP contribution >= 0.6 is 0 Å². The molecule has 1 heterocycles. The number of rotatable bonds is 9. The molecular formula is C29H31NO8. The number of nitrogens with zero attached hydrogens (tertiary/aromatic N) is 1. The normalized spacial score (nSPS) is 16.9. The van der Waals surface area contributed by atoms with E-state index in [-0.39, 0.29) is 6.54 Å². The van der Waals surface area contributed by atoms with E-state index in [0.29, 0.717) is 39.8 Å². The summed E-state index contributed by atoms with van der Waals surface area (Å²) in [6.45, 7) is 2.07. The van der Waals surface area contributed by atoms with Gasteiger partial charge in [-0.05, 0) is 31.2 Å². The topological polar surface area (TPSA) is 104 Å². The van der Waals surface area contributed by atoms with Crippen molar-refractivity contribution in [3.63, 3.8) is 0 Å². The summed E-state index contributed by atoms with van der Waals surface area (Å²) in [5, 5.41) is 9.66. The quantitative estimate of drug-likeness (QED) is 0.438. The Labute approximate surface area is 221 Å². The minimum Gasteiger partial charge on any atom is -0.497 e. The highest BCUT2D eigenvalue weighted by molar-refractivity contribution is 5.99. The summed E-state index contributed by atoms with van der Waals surface area (Å²) in [5.41, 5.74) is 3.59. The molecule has 0 spiro atoms. The van der Waals surface area contributed by atoms with E-state index in [1.54, 1.807) is 43.4 Å². The highest BCUT2D eigenvalue weighted by Gasteiger charge is 2.39. The number of benzene rings is 3. The van der Waals surface area contributed by atoms with Gasteiger partial charge in [0.1, 0.15) is 23.7 Å². The number of amides is 1. The molecule has 0 aromatic heterocycles. The summed E-state index contributed by atoms with van der Waals surface area (Å²) in [5.74, 6) is 0.466. The molecule has 3 aromatic rings. The van der Waals surface area contributed by atoms with Gasteiger partial charge >= 0.3 is 5.97 Å². The summed E-state index contributed by atoms with van der Waals surface area (Å²) in [6.07, 6.45) is -2.57. The maximum atomic E-state index is 13.9. The first-order valence-electron chi connectivity index (χ1n) is 12.0. The van der Waals surface area contributed by atoms with E-state index >= 15 is 0 Å². The van der Waals surface area contributed by atoms with Crippen molar-refractivity contribution in [1.29, 1.82) is 0 Å². The van der Waals surface area contributed by atoms with Crippen LogP contribution in [0.15, 0.2) is 54.6 Å². The number of carbonyl (C=O) groups excluding carboxylic acids is 1. The van der Waals surface area contributed by atoms with Crippen LogP contribution in [0.1, 0.15) is 34.8 Å². The number of hydrogen-bond acceptors (Lipinski definition) is 7. The van der Waals surface area contributed by atoms with Crippen molar-refractivity contribution < 1.29 is 38.4 Å². The van der Waals surface area contributed by atoms with E-state index < -0.39 is 30.5 Å². The molecule has 4 rings (SSSR count). The van der Waals surface area contributed by atoms with Crippen LogP contribution in [0.25, 0.3) is 0 Å². The fourth-order valence-electron chi connectivity index (χ4n) is 4.69. The highest BCUT2D eigenvalue weighted by atomic mass is 16.5. The molecule has 38 heavy (non-hydrogen) atoms. The maximum absolute atomic E-state index is 13.9. The Hall–Kier alpha value is -4.24. The standard InChI is InChI=1S/C29H31NO8/c1-17-9-12-22-21(13-17)27(20-7-6-8-23(35-3)28(20)37-5)38-25(15-26(31)32)29(33)30(22)16-18-10-11-19(34-2)14-24(18)36-4/h6-14,25,27H,15-16H2,1-5H3,(H,31,32). The van der Waals surface area contributed by atoms with E-state index in [2.05, 4.69) is 0 Å². The Bertz CT molecular complexity index is 1340. The van der Waals surface area contributed by atoms with Crippen molar-refractivity contribution in [2.24, 2.45) is 0 Å². The number of hydrogen-bond donors (Lipinski definition) is 1. The Morgan fingerprint density at radius 1 is 0.921 bits per heavy atom. The van der Waals surface area contributed by atoms with Gasteiger partial charge in [-0.1, -0.05) is 29.8 Å². The van der Waals surface area contributed by atoms with Crippen LogP contribution in [0.2, 0.25) is 0 Å². The lowest BCUT2D eigenvalue weighted by molar-refractivity contribution is -0.147. The molecule has 0 radical (unpaired) electrons. The lowest BCUT2D eigenvalue weighted by Gasteiger charge is -2.26. The lowest BCUT2D eigenvalue weighted by atomic mass is 9.96. The number of aliphatic carboxylic acids is 1. The summed E-state index contributed by atoms with van der Waals surface area (Å²) < 4.78 is 28.4.